The molecule has 0 amide bonds. The fourth-order valence-corrected chi connectivity index (χ4v) is 5.12. The Morgan fingerprint density at radius 3 is 2.12 bits per heavy atom. The third-order valence-electron chi connectivity index (χ3n) is 7.29. The van der Waals surface area contributed by atoms with Gasteiger partial charge in [0.1, 0.15) is 5.82 Å². The lowest BCUT2D eigenvalue weighted by atomic mass is 9.78. The minimum Gasteiger partial charge on any atom is -0.207 e. The third kappa shape index (κ3) is 5.29. The summed E-state index contributed by atoms with van der Waals surface area (Å²) in [6.07, 6.45) is 9.56. The van der Waals surface area contributed by atoms with Crippen LogP contribution in [0.3, 0.4) is 0 Å². The highest BCUT2D eigenvalue weighted by atomic mass is 19.2. The zero-order valence-electron chi connectivity index (χ0n) is 19.9. The van der Waals surface area contributed by atoms with Crippen molar-refractivity contribution in [3.63, 3.8) is 0 Å². The lowest BCUT2D eigenvalue weighted by Gasteiger charge is -2.27. The molecule has 178 valence electrons. The number of hydrogen-bond donors (Lipinski definition) is 0. The van der Waals surface area contributed by atoms with Gasteiger partial charge >= 0.3 is 0 Å². The van der Waals surface area contributed by atoms with Gasteiger partial charge in [0.2, 0.25) is 0 Å². The predicted octanol–water partition coefficient (Wildman–Crippen LogP) is 9.63. The molecule has 4 rings (SSSR count). The summed E-state index contributed by atoms with van der Waals surface area (Å²) in [5, 5.41) is 0. The van der Waals surface area contributed by atoms with Crippen molar-refractivity contribution in [2.24, 2.45) is 5.92 Å². The minimum absolute atomic E-state index is 0.171. The van der Waals surface area contributed by atoms with E-state index in [9.17, 15) is 13.2 Å². The fraction of sp³-hybridized carbons (Fsp3) is 0.355. The molecule has 34 heavy (non-hydrogen) atoms. The highest BCUT2D eigenvalue weighted by molar-refractivity contribution is 5.71. The van der Waals surface area contributed by atoms with E-state index < -0.39 is 11.6 Å². The molecule has 0 bridgehead atoms. The molecule has 0 atom stereocenters. The number of halogens is 3. The van der Waals surface area contributed by atoms with Crippen molar-refractivity contribution in [3.05, 3.63) is 95.8 Å². The van der Waals surface area contributed by atoms with Crippen LogP contribution < -0.4 is 0 Å². The molecule has 0 unspecified atom stereocenters. The first kappa shape index (κ1) is 24.3. The van der Waals surface area contributed by atoms with Crippen molar-refractivity contribution in [2.45, 2.75) is 64.2 Å². The first-order valence-corrected chi connectivity index (χ1v) is 12.5. The van der Waals surface area contributed by atoms with E-state index in [1.807, 2.05) is 30.3 Å². The molecule has 1 aliphatic rings. The predicted molar refractivity (Wildman–Crippen MR) is 135 cm³/mol. The Labute approximate surface area is 201 Å². The number of benzene rings is 3. The molecular formula is C31H33F3. The van der Waals surface area contributed by atoms with E-state index in [0.717, 1.165) is 61.6 Å². The standard InChI is InChI=1S/C31H33F3/c1-3-5-6-7-25-16-19-28(31(34)30(25)33)24-14-12-22(13-15-24)26-17-18-27(29(32)20-26)23-10-8-21(4-2)9-11-23/h4,12-21,23H,2-3,5-11H2,1H3. The van der Waals surface area contributed by atoms with Gasteiger partial charge in [-0.15, -0.1) is 6.58 Å². The second kappa shape index (κ2) is 11.1. The molecule has 1 fully saturated rings. The van der Waals surface area contributed by atoms with Gasteiger partial charge in [0.25, 0.3) is 0 Å². The van der Waals surface area contributed by atoms with Gasteiger partial charge in [-0.1, -0.05) is 74.4 Å². The molecule has 1 aliphatic carbocycles. The maximum absolute atomic E-state index is 15.0. The van der Waals surface area contributed by atoms with Crippen molar-refractivity contribution in [3.8, 4) is 22.3 Å². The fourth-order valence-electron chi connectivity index (χ4n) is 5.12. The molecule has 3 heteroatoms. The van der Waals surface area contributed by atoms with Crippen LogP contribution in [-0.2, 0) is 6.42 Å². The van der Waals surface area contributed by atoms with E-state index in [-0.39, 0.29) is 17.3 Å². The van der Waals surface area contributed by atoms with E-state index >= 15 is 0 Å². The van der Waals surface area contributed by atoms with E-state index in [1.54, 1.807) is 30.3 Å². The van der Waals surface area contributed by atoms with Crippen molar-refractivity contribution >= 4 is 0 Å². The molecule has 3 aromatic rings. The molecule has 0 nitrogen and oxygen atoms in total. The molecule has 0 N–H and O–H groups in total. The molecule has 0 aromatic heterocycles. The summed E-state index contributed by atoms with van der Waals surface area (Å²) in [6.45, 7) is 5.97. The van der Waals surface area contributed by atoms with Gasteiger partial charge in [0, 0.05) is 5.56 Å². The zero-order valence-corrected chi connectivity index (χ0v) is 19.9. The van der Waals surface area contributed by atoms with Crippen LogP contribution in [0.4, 0.5) is 13.2 Å². The van der Waals surface area contributed by atoms with Crippen molar-refractivity contribution in [1.29, 1.82) is 0 Å². The second-order valence-electron chi connectivity index (χ2n) is 9.52. The van der Waals surface area contributed by atoms with E-state index in [4.69, 9.17) is 0 Å². The number of unbranched alkanes of at least 4 members (excludes halogenated alkanes) is 2. The van der Waals surface area contributed by atoms with E-state index in [1.165, 1.54) is 0 Å². The summed E-state index contributed by atoms with van der Waals surface area (Å²) in [5.74, 6) is -0.917. The first-order chi connectivity index (χ1) is 16.5. The Kier molecular flexibility index (Phi) is 7.92. The average Bonchev–Trinajstić information content (AvgIpc) is 2.87. The Balaban J connectivity index is 1.50. The van der Waals surface area contributed by atoms with Crippen LogP contribution in [0, 0.1) is 23.4 Å². The van der Waals surface area contributed by atoms with Gasteiger partial charge in [-0.25, -0.2) is 13.2 Å². The summed E-state index contributed by atoms with van der Waals surface area (Å²) >= 11 is 0. The minimum atomic E-state index is -0.802. The van der Waals surface area contributed by atoms with Gasteiger partial charge in [0.15, 0.2) is 11.6 Å². The smallest absolute Gasteiger partial charge is 0.166 e. The highest BCUT2D eigenvalue weighted by Gasteiger charge is 2.23. The van der Waals surface area contributed by atoms with Gasteiger partial charge in [0.05, 0.1) is 0 Å². The quantitative estimate of drug-likeness (QED) is 0.231. The zero-order chi connectivity index (χ0) is 24.1. The summed E-state index contributed by atoms with van der Waals surface area (Å²) in [6, 6.07) is 16.0. The molecule has 0 radical (unpaired) electrons. The van der Waals surface area contributed by atoms with E-state index in [2.05, 4.69) is 13.5 Å². The number of allylic oxidation sites excluding steroid dienone is 1. The lowest BCUT2D eigenvalue weighted by Crippen LogP contribution is -2.12. The SMILES string of the molecule is C=CC1CCC(c2ccc(-c3ccc(-c4ccc(CCCCC)c(F)c4F)cc3)cc2F)CC1. The Morgan fingerprint density at radius 1 is 0.794 bits per heavy atom. The second-order valence-corrected chi connectivity index (χ2v) is 9.52. The van der Waals surface area contributed by atoms with Crippen LogP contribution in [0.25, 0.3) is 22.3 Å². The van der Waals surface area contributed by atoms with Gasteiger partial charge in [-0.3, -0.25) is 0 Å². The molecular weight excluding hydrogens is 429 g/mol. The van der Waals surface area contributed by atoms with Gasteiger partial charge < -0.3 is 0 Å². The maximum atomic E-state index is 15.0. The Bertz CT molecular complexity index is 1120. The number of aryl methyl sites for hydroxylation is 1. The normalized spacial score (nSPS) is 18.1. The molecule has 0 saturated heterocycles. The van der Waals surface area contributed by atoms with Crippen molar-refractivity contribution < 1.29 is 13.2 Å². The average molecular weight is 463 g/mol. The van der Waals surface area contributed by atoms with Crippen LogP contribution in [0.5, 0.6) is 0 Å². The molecule has 1 saturated carbocycles. The summed E-state index contributed by atoms with van der Waals surface area (Å²) < 4.78 is 44.3. The third-order valence-corrected chi connectivity index (χ3v) is 7.29. The molecule has 3 aromatic carbocycles. The van der Waals surface area contributed by atoms with Crippen LogP contribution >= 0.6 is 0 Å². The topological polar surface area (TPSA) is 0 Å². The van der Waals surface area contributed by atoms with Gasteiger partial charge in [-0.05, 0) is 84.2 Å². The van der Waals surface area contributed by atoms with Crippen LogP contribution in [0.2, 0.25) is 0 Å². The summed E-state index contributed by atoms with van der Waals surface area (Å²) in [4.78, 5) is 0. The Hall–Kier alpha value is -2.81. The largest absolute Gasteiger partial charge is 0.207 e. The maximum Gasteiger partial charge on any atom is 0.166 e. The van der Waals surface area contributed by atoms with Crippen LogP contribution in [0.1, 0.15) is 68.9 Å². The van der Waals surface area contributed by atoms with Crippen LogP contribution in [0.15, 0.2) is 67.3 Å². The van der Waals surface area contributed by atoms with Crippen molar-refractivity contribution in [2.75, 3.05) is 0 Å². The van der Waals surface area contributed by atoms with Crippen LogP contribution in [-0.4, -0.2) is 0 Å². The number of hydrogen-bond acceptors (Lipinski definition) is 0. The highest BCUT2D eigenvalue weighted by Crippen LogP contribution is 2.38. The van der Waals surface area contributed by atoms with Crippen molar-refractivity contribution in [1.82, 2.24) is 0 Å². The Morgan fingerprint density at radius 2 is 1.47 bits per heavy atom. The monoisotopic (exact) mass is 462 g/mol. The van der Waals surface area contributed by atoms with Gasteiger partial charge in [-0.2, -0.15) is 0 Å². The summed E-state index contributed by atoms with van der Waals surface area (Å²) in [7, 11) is 0. The first-order valence-electron chi connectivity index (χ1n) is 12.5. The molecule has 0 heterocycles. The number of rotatable bonds is 8. The lowest BCUT2D eigenvalue weighted by molar-refractivity contribution is 0.369. The summed E-state index contributed by atoms with van der Waals surface area (Å²) in [5.41, 5.74) is 3.71. The molecule has 0 spiro atoms. The van der Waals surface area contributed by atoms with E-state index in [0.29, 0.717) is 23.5 Å². The molecule has 0 aliphatic heterocycles.